The van der Waals surface area contributed by atoms with Gasteiger partial charge in [-0.2, -0.15) is 4.90 Å². The second-order valence-electron chi connectivity index (χ2n) is 10.9. The summed E-state index contributed by atoms with van der Waals surface area (Å²) in [7, 11) is 1.08. The van der Waals surface area contributed by atoms with Crippen LogP contribution in [0.3, 0.4) is 0 Å². The highest BCUT2D eigenvalue weighted by Gasteiger charge is 2.57. The largest absolute Gasteiger partial charge is 0.507 e. The summed E-state index contributed by atoms with van der Waals surface area (Å²) in [6.45, 7) is -0.532. The molecule has 234 valence electrons. The number of aliphatic hydroxyl groups is 2. The Hall–Kier alpha value is -4.32. The van der Waals surface area contributed by atoms with E-state index in [1.54, 1.807) is 48.7 Å². The van der Waals surface area contributed by atoms with Crippen molar-refractivity contribution in [3.05, 3.63) is 99.8 Å². The van der Waals surface area contributed by atoms with Crippen LogP contribution in [0.25, 0.3) is 11.6 Å². The van der Waals surface area contributed by atoms with Crippen molar-refractivity contribution in [2.24, 2.45) is 17.8 Å². The third-order valence-electron chi connectivity index (χ3n) is 8.25. The average Bonchev–Trinajstić information content (AvgIpc) is 3.31. The lowest BCUT2D eigenvalue weighted by molar-refractivity contribution is -0.137. The van der Waals surface area contributed by atoms with E-state index in [4.69, 9.17) is 9.47 Å². The number of carbonyl (C=O) groups is 3. The molecule has 1 aliphatic heterocycles. The zero-order valence-corrected chi connectivity index (χ0v) is 26.1. The predicted molar refractivity (Wildman–Crippen MR) is 169 cm³/mol. The lowest BCUT2D eigenvalue weighted by atomic mass is 9.68. The first-order valence-corrected chi connectivity index (χ1v) is 15.3. The van der Waals surface area contributed by atoms with Crippen LogP contribution in [0.4, 0.5) is 4.79 Å². The molecular formula is C34H33BrN2O8. The van der Waals surface area contributed by atoms with Crippen LogP contribution >= 0.6 is 15.9 Å². The van der Waals surface area contributed by atoms with Crippen molar-refractivity contribution >= 4 is 45.5 Å². The first-order chi connectivity index (χ1) is 21.7. The summed E-state index contributed by atoms with van der Waals surface area (Å²) in [5.74, 6) is -3.71. The molecule has 2 heterocycles. The highest BCUT2D eigenvalue weighted by molar-refractivity contribution is 9.10. The standard InChI is InChI=1S/C34H33BrN2O8/c1-44-34(43)37-32(41)25-17-22(19-45-24-7-3-2-4-8-24)30(26(18-38)31(25)33(37)42)29(40)12-10-20(27-9-5-6-14-36-27)15-21-16-23(35)11-13-28(21)39/h2-9,11,13-16,25-26,29,31,38-40H,10,12,17-19H2,1H3/b20-15-/t25-,26+,29-,31-/m1/s1. The van der Waals surface area contributed by atoms with Gasteiger partial charge in [-0.3, -0.25) is 14.6 Å². The second kappa shape index (κ2) is 14.2. The van der Waals surface area contributed by atoms with E-state index in [-0.39, 0.29) is 25.2 Å². The van der Waals surface area contributed by atoms with Crippen LogP contribution < -0.4 is 4.74 Å². The number of likely N-dealkylation sites (tertiary alicyclic amines) is 1. The van der Waals surface area contributed by atoms with Crippen LogP contribution in [-0.2, 0) is 14.3 Å². The van der Waals surface area contributed by atoms with E-state index in [9.17, 15) is 29.7 Å². The number of nitrogens with zero attached hydrogens (tertiary/aromatic N) is 2. The lowest BCUT2D eigenvalue weighted by Gasteiger charge is -2.36. The smallest absolute Gasteiger partial charge is 0.423 e. The third kappa shape index (κ3) is 6.85. The number of aromatic nitrogens is 1. The van der Waals surface area contributed by atoms with Crippen molar-refractivity contribution < 1.29 is 39.2 Å². The second-order valence-corrected chi connectivity index (χ2v) is 11.8. The summed E-state index contributed by atoms with van der Waals surface area (Å²) in [6, 6.07) is 19.6. The Morgan fingerprint density at radius 2 is 1.87 bits per heavy atom. The average molecular weight is 678 g/mol. The summed E-state index contributed by atoms with van der Waals surface area (Å²) < 4.78 is 11.5. The van der Waals surface area contributed by atoms with Crippen molar-refractivity contribution in [2.45, 2.75) is 25.4 Å². The number of phenolic OH excluding ortho intramolecular Hbond substituents is 1. The highest BCUT2D eigenvalue weighted by Crippen LogP contribution is 2.46. The molecule has 10 nitrogen and oxygen atoms in total. The predicted octanol–water partition coefficient (Wildman–Crippen LogP) is 4.99. The van der Waals surface area contributed by atoms with E-state index in [2.05, 4.69) is 20.9 Å². The fraction of sp³-hybridized carbons (Fsp3) is 0.294. The minimum Gasteiger partial charge on any atom is -0.507 e. The number of aromatic hydroxyl groups is 1. The Morgan fingerprint density at radius 3 is 2.56 bits per heavy atom. The molecule has 3 amide bonds. The topological polar surface area (TPSA) is 146 Å². The highest BCUT2D eigenvalue weighted by atomic mass is 79.9. The molecule has 0 unspecified atom stereocenters. The maximum Gasteiger partial charge on any atom is 0.423 e. The summed E-state index contributed by atoms with van der Waals surface area (Å²) in [4.78, 5) is 44.0. The van der Waals surface area contributed by atoms with E-state index >= 15 is 0 Å². The van der Waals surface area contributed by atoms with Gasteiger partial charge in [-0.15, -0.1) is 0 Å². The van der Waals surface area contributed by atoms with E-state index in [0.29, 0.717) is 39.5 Å². The first-order valence-electron chi connectivity index (χ1n) is 14.5. The number of aliphatic hydroxyl groups excluding tert-OH is 2. The SMILES string of the molecule is COC(=O)N1C(=O)[C@@H]2[C@@H](CC(COc3ccccc3)=C([C@H](O)CC/C(=C/c3cc(Br)ccc3O)c3ccccn3)[C@@H]2CO)C1=O. The molecular weight excluding hydrogens is 644 g/mol. The number of phenols is 1. The number of rotatable bonds is 10. The van der Waals surface area contributed by atoms with Crippen LogP contribution in [0.15, 0.2) is 88.5 Å². The van der Waals surface area contributed by atoms with Gasteiger partial charge in [0.15, 0.2) is 0 Å². The monoisotopic (exact) mass is 676 g/mol. The summed E-state index contributed by atoms with van der Waals surface area (Å²) in [6.07, 6.45) is 1.77. The van der Waals surface area contributed by atoms with Crippen molar-refractivity contribution in [3.8, 4) is 11.5 Å². The molecule has 0 bridgehead atoms. The van der Waals surface area contributed by atoms with Gasteiger partial charge in [-0.1, -0.05) is 40.2 Å². The number of hydrogen-bond donors (Lipinski definition) is 3. The van der Waals surface area contributed by atoms with Crippen molar-refractivity contribution in [2.75, 3.05) is 20.3 Å². The van der Waals surface area contributed by atoms with E-state index < -0.39 is 48.4 Å². The Bertz CT molecular complexity index is 1630. The van der Waals surface area contributed by atoms with Gasteiger partial charge in [-0.25, -0.2) is 4.79 Å². The summed E-state index contributed by atoms with van der Waals surface area (Å²) >= 11 is 3.44. The van der Waals surface area contributed by atoms with Crippen LogP contribution in [0, 0.1) is 17.8 Å². The lowest BCUT2D eigenvalue weighted by Crippen LogP contribution is -2.40. The number of methoxy groups -OCH3 is 1. The number of imide groups is 3. The molecule has 1 aliphatic carbocycles. The third-order valence-corrected chi connectivity index (χ3v) is 8.75. The molecule has 45 heavy (non-hydrogen) atoms. The number of ether oxygens (including phenoxy) is 2. The van der Waals surface area contributed by atoms with Crippen LogP contribution in [0.1, 0.15) is 30.5 Å². The van der Waals surface area contributed by atoms with E-state index in [0.717, 1.165) is 17.2 Å². The molecule has 1 saturated heterocycles. The Labute approximate surface area is 268 Å². The normalized spacial score (nSPS) is 20.7. The molecule has 2 aromatic carbocycles. The van der Waals surface area contributed by atoms with Crippen LogP contribution in [0.5, 0.6) is 11.5 Å². The molecule has 1 fully saturated rings. The summed E-state index contributed by atoms with van der Waals surface area (Å²) in [5.41, 5.74) is 2.94. The quantitative estimate of drug-likeness (QED) is 0.200. The van der Waals surface area contributed by atoms with Gasteiger partial charge in [0.05, 0.1) is 37.4 Å². The maximum atomic E-state index is 13.4. The zero-order valence-electron chi connectivity index (χ0n) is 24.5. The minimum atomic E-state index is -1.14. The van der Waals surface area contributed by atoms with Gasteiger partial charge in [0, 0.05) is 22.2 Å². The molecule has 0 spiro atoms. The molecule has 0 saturated carbocycles. The zero-order chi connectivity index (χ0) is 32.1. The number of allylic oxidation sites excluding steroid dienone is 1. The van der Waals surface area contributed by atoms with Gasteiger partial charge in [-0.05, 0) is 84.5 Å². The Morgan fingerprint density at radius 1 is 1.11 bits per heavy atom. The van der Waals surface area contributed by atoms with E-state index in [1.807, 2.05) is 30.3 Å². The van der Waals surface area contributed by atoms with Gasteiger partial charge in [0.25, 0.3) is 0 Å². The van der Waals surface area contributed by atoms with Gasteiger partial charge in [0.1, 0.15) is 18.1 Å². The van der Waals surface area contributed by atoms with E-state index in [1.165, 1.54) is 0 Å². The van der Waals surface area contributed by atoms with Crippen LogP contribution in [0.2, 0.25) is 0 Å². The number of para-hydroxylation sites is 1. The number of halogens is 1. The molecule has 3 N–H and O–H groups in total. The first kappa shape index (κ1) is 32.1. The molecule has 2 aliphatic rings. The number of amides is 3. The van der Waals surface area contributed by atoms with Crippen LogP contribution in [-0.4, -0.2) is 69.5 Å². The molecule has 1 aromatic heterocycles. The molecule has 0 radical (unpaired) electrons. The molecule has 4 atom stereocenters. The molecule has 5 rings (SSSR count). The van der Waals surface area contributed by atoms with Crippen molar-refractivity contribution in [3.63, 3.8) is 0 Å². The van der Waals surface area contributed by atoms with Gasteiger partial charge < -0.3 is 24.8 Å². The number of fused-ring (bicyclic) bond motifs is 1. The number of benzene rings is 2. The van der Waals surface area contributed by atoms with Gasteiger partial charge >= 0.3 is 6.09 Å². The summed E-state index contributed by atoms with van der Waals surface area (Å²) in [5, 5.41) is 32.9. The number of carbonyl (C=O) groups excluding carboxylic acids is 3. The fourth-order valence-electron chi connectivity index (χ4n) is 6.15. The molecule has 3 aromatic rings. The van der Waals surface area contributed by atoms with Crippen molar-refractivity contribution in [1.82, 2.24) is 9.88 Å². The molecule has 11 heteroatoms. The fourth-order valence-corrected chi connectivity index (χ4v) is 6.53. The number of hydrogen-bond acceptors (Lipinski definition) is 9. The van der Waals surface area contributed by atoms with Gasteiger partial charge in [0.2, 0.25) is 11.8 Å². The Kier molecular flexibility index (Phi) is 10.1. The number of pyridine rings is 1. The Balaban J connectivity index is 1.49. The minimum absolute atomic E-state index is 0.00464. The maximum absolute atomic E-state index is 13.4. The van der Waals surface area contributed by atoms with Crippen molar-refractivity contribution in [1.29, 1.82) is 0 Å².